The van der Waals surface area contributed by atoms with Crippen molar-refractivity contribution in [3.05, 3.63) is 29.8 Å². The second-order valence-electron chi connectivity index (χ2n) is 4.92. The number of carbonyl (C=O) groups is 2. The van der Waals surface area contributed by atoms with Crippen LogP contribution >= 0.6 is 0 Å². The molecule has 0 aliphatic heterocycles. The van der Waals surface area contributed by atoms with E-state index in [0.717, 1.165) is 0 Å². The number of amides is 1. The number of nitrogens with zero attached hydrogens (tertiary/aromatic N) is 1. The molecule has 0 bridgehead atoms. The van der Waals surface area contributed by atoms with E-state index < -0.39 is 11.4 Å². The lowest BCUT2D eigenvalue weighted by atomic mass is 9.88. The number of benzene rings is 1. The summed E-state index contributed by atoms with van der Waals surface area (Å²) in [7, 11) is 0. The van der Waals surface area contributed by atoms with Crippen LogP contribution in [0.1, 0.15) is 25.8 Å². The maximum Gasteiger partial charge on any atom is 0.311 e. The summed E-state index contributed by atoms with van der Waals surface area (Å²) in [5, 5.41) is 20.3. The van der Waals surface area contributed by atoms with Crippen LogP contribution in [0, 0.1) is 16.7 Å². The van der Waals surface area contributed by atoms with Gasteiger partial charge in [-0.25, -0.2) is 0 Å². The third-order valence-corrected chi connectivity index (χ3v) is 3.33. The zero-order valence-electron chi connectivity index (χ0n) is 12.0. The summed E-state index contributed by atoms with van der Waals surface area (Å²) in [5.74, 6) is -0.862. The van der Waals surface area contributed by atoms with Gasteiger partial charge in [-0.15, -0.1) is 0 Å². The van der Waals surface area contributed by atoms with Gasteiger partial charge < -0.3 is 15.2 Å². The van der Waals surface area contributed by atoms with Crippen LogP contribution in [0.5, 0.6) is 5.75 Å². The lowest BCUT2D eigenvalue weighted by Gasteiger charge is -2.23. The molecule has 1 unspecified atom stereocenters. The number of carbonyl (C=O) groups excluding carboxylic acids is 1. The van der Waals surface area contributed by atoms with Gasteiger partial charge in [0.1, 0.15) is 5.75 Å². The molecular formula is C15H18N2O4. The van der Waals surface area contributed by atoms with E-state index >= 15 is 0 Å². The molecule has 112 valence electrons. The highest BCUT2D eigenvalue weighted by Gasteiger charge is 2.31. The number of hydrogen-bond donors (Lipinski definition) is 2. The van der Waals surface area contributed by atoms with Crippen molar-refractivity contribution in [2.24, 2.45) is 5.41 Å². The minimum atomic E-state index is -0.982. The number of nitrogens with one attached hydrogen (secondary N) is 1. The largest absolute Gasteiger partial charge is 0.484 e. The Hall–Kier alpha value is -2.55. The molecule has 0 aliphatic rings. The Morgan fingerprint density at radius 1 is 1.38 bits per heavy atom. The molecule has 0 saturated carbocycles. The second-order valence-corrected chi connectivity index (χ2v) is 4.92. The fourth-order valence-corrected chi connectivity index (χ4v) is 1.47. The van der Waals surface area contributed by atoms with E-state index in [4.69, 9.17) is 15.1 Å². The quantitative estimate of drug-likeness (QED) is 0.793. The first kappa shape index (κ1) is 16.5. The summed E-state index contributed by atoms with van der Waals surface area (Å²) in [5.41, 5.74) is -0.476. The van der Waals surface area contributed by atoms with Crippen LogP contribution in [0.25, 0.3) is 0 Å². The molecule has 0 aliphatic carbocycles. The molecule has 0 radical (unpaired) electrons. The summed E-state index contributed by atoms with van der Waals surface area (Å²) in [4.78, 5) is 22.7. The van der Waals surface area contributed by atoms with Crippen molar-refractivity contribution in [1.29, 1.82) is 5.26 Å². The molecule has 1 amide bonds. The van der Waals surface area contributed by atoms with Gasteiger partial charge in [0.05, 0.1) is 17.0 Å². The van der Waals surface area contributed by atoms with Crippen molar-refractivity contribution >= 4 is 11.9 Å². The summed E-state index contributed by atoms with van der Waals surface area (Å²) in [6.07, 6.45) is 0.416. The van der Waals surface area contributed by atoms with E-state index in [1.807, 2.05) is 6.07 Å². The van der Waals surface area contributed by atoms with E-state index in [0.29, 0.717) is 17.7 Å². The molecule has 6 nitrogen and oxygen atoms in total. The van der Waals surface area contributed by atoms with Crippen LogP contribution in [-0.2, 0) is 9.59 Å². The van der Waals surface area contributed by atoms with Gasteiger partial charge >= 0.3 is 5.97 Å². The van der Waals surface area contributed by atoms with Crippen molar-refractivity contribution in [1.82, 2.24) is 5.32 Å². The third-order valence-electron chi connectivity index (χ3n) is 3.33. The van der Waals surface area contributed by atoms with Gasteiger partial charge in [0.2, 0.25) is 0 Å². The lowest BCUT2D eigenvalue weighted by molar-refractivity contribution is -0.148. The summed E-state index contributed by atoms with van der Waals surface area (Å²) in [6, 6.07) is 8.35. The first-order valence-corrected chi connectivity index (χ1v) is 6.54. The molecular weight excluding hydrogens is 272 g/mol. The number of ether oxygens (including phenoxy) is 1. The van der Waals surface area contributed by atoms with Gasteiger partial charge in [-0.3, -0.25) is 9.59 Å². The topological polar surface area (TPSA) is 99.4 Å². The molecule has 0 fully saturated rings. The first-order valence-electron chi connectivity index (χ1n) is 6.54. The van der Waals surface area contributed by atoms with Crippen LogP contribution in [0.2, 0.25) is 0 Å². The molecule has 1 aromatic rings. The van der Waals surface area contributed by atoms with Crippen molar-refractivity contribution in [2.45, 2.75) is 20.3 Å². The van der Waals surface area contributed by atoms with Crippen molar-refractivity contribution in [3.8, 4) is 11.8 Å². The van der Waals surface area contributed by atoms with Crippen molar-refractivity contribution in [3.63, 3.8) is 0 Å². The molecule has 0 heterocycles. The van der Waals surface area contributed by atoms with Gasteiger partial charge in [-0.1, -0.05) is 6.92 Å². The predicted molar refractivity (Wildman–Crippen MR) is 75.7 cm³/mol. The molecule has 0 spiro atoms. The van der Waals surface area contributed by atoms with E-state index in [2.05, 4.69) is 5.32 Å². The third kappa shape index (κ3) is 4.80. The number of rotatable bonds is 7. The molecule has 1 rings (SSSR count). The Morgan fingerprint density at radius 2 is 2.00 bits per heavy atom. The molecule has 1 aromatic carbocycles. The summed E-state index contributed by atoms with van der Waals surface area (Å²) >= 11 is 0. The Balaban J connectivity index is 2.44. The molecule has 2 N–H and O–H groups in total. The van der Waals surface area contributed by atoms with Gasteiger partial charge in [0.25, 0.3) is 5.91 Å². The Bertz CT molecular complexity index is 548. The highest BCUT2D eigenvalue weighted by Crippen LogP contribution is 2.19. The minimum Gasteiger partial charge on any atom is -0.484 e. The molecule has 0 aromatic heterocycles. The highest BCUT2D eigenvalue weighted by molar-refractivity contribution is 5.79. The van der Waals surface area contributed by atoms with Crippen LogP contribution in [-0.4, -0.2) is 30.1 Å². The number of carboxylic acids is 1. The van der Waals surface area contributed by atoms with Crippen LogP contribution < -0.4 is 10.1 Å². The standard InChI is InChI=1S/C15H18N2O4/c1-3-15(2,14(19)20)10-17-13(18)9-21-12-6-4-11(8-16)5-7-12/h4-7H,3,9-10H2,1-2H3,(H,17,18)(H,19,20). The van der Waals surface area contributed by atoms with Crippen molar-refractivity contribution in [2.75, 3.05) is 13.2 Å². The number of hydrogen-bond acceptors (Lipinski definition) is 4. The fraction of sp³-hybridized carbons (Fsp3) is 0.400. The number of carboxylic acid groups (broad SMARTS) is 1. The van der Waals surface area contributed by atoms with Gasteiger partial charge in [-0.2, -0.15) is 5.26 Å². The van der Waals surface area contributed by atoms with Gasteiger partial charge in [0.15, 0.2) is 6.61 Å². The van der Waals surface area contributed by atoms with E-state index in [1.165, 1.54) is 0 Å². The molecule has 1 atom stereocenters. The minimum absolute atomic E-state index is 0.0500. The van der Waals surface area contributed by atoms with Crippen LogP contribution in [0.15, 0.2) is 24.3 Å². The maximum atomic E-state index is 11.6. The normalized spacial score (nSPS) is 12.8. The lowest BCUT2D eigenvalue weighted by Crippen LogP contribution is -2.42. The fourth-order valence-electron chi connectivity index (χ4n) is 1.47. The molecule has 21 heavy (non-hydrogen) atoms. The van der Waals surface area contributed by atoms with Crippen molar-refractivity contribution < 1.29 is 19.4 Å². The molecule has 6 heteroatoms. The van der Waals surface area contributed by atoms with E-state index in [9.17, 15) is 9.59 Å². The molecule has 0 saturated heterocycles. The number of aliphatic carboxylic acids is 1. The monoisotopic (exact) mass is 290 g/mol. The SMILES string of the molecule is CCC(C)(CNC(=O)COc1ccc(C#N)cc1)C(=O)O. The summed E-state index contributed by atoms with van der Waals surface area (Å²) < 4.78 is 5.26. The van der Waals surface area contributed by atoms with E-state index in [-0.39, 0.29) is 19.1 Å². The smallest absolute Gasteiger partial charge is 0.311 e. The Labute approximate surface area is 123 Å². The Morgan fingerprint density at radius 3 is 2.48 bits per heavy atom. The van der Waals surface area contributed by atoms with Crippen LogP contribution in [0.4, 0.5) is 0 Å². The zero-order chi connectivity index (χ0) is 15.9. The highest BCUT2D eigenvalue weighted by atomic mass is 16.5. The van der Waals surface area contributed by atoms with Crippen LogP contribution in [0.3, 0.4) is 0 Å². The van der Waals surface area contributed by atoms with Gasteiger partial charge in [0, 0.05) is 6.54 Å². The second kappa shape index (κ2) is 7.29. The summed E-state index contributed by atoms with van der Waals surface area (Å²) in [6.45, 7) is 3.18. The predicted octanol–water partition coefficient (Wildman–Crippen LogP) is 1.55. The van der Waals surface area contributed by atoms with Gasteiger partial charge in [-0.05, 0) is 37.6 Å². The average molecular weight is 290 g/mol. The average Bonchev–Trinajstić information content (AvgIpc) is 2.50. The first-order chi connectivity index (χ1) is 9.91. The Kier molecular flexibility index (Phi) is 5.73. The zero-order valence-corrected chi connectivity index (χ0v) is 12.0. The van der Waals surface area contributed by atoms with E-state index in [1.54, 1.807) is 38.1 Å². The maximum absolute atomic E-state index is 11.6. The number of nitriles is 1.